The molecule has 32 heavy (non-hydrogen) atoms. The van der Waals surface area contributed by atoms with Gasteiger partial charge in [-0.05, 0) is 73.7 Å². The predicted octanol–water partition coefficient (Wildman–Crippen LogP) is 5.44. The summed E-state index contributed by atoms with van der Waals surface area (Å²) in [6.07, 6.45) is 0. The van der Waals surface area contributed by atoms with Crippen molar-refractivity contribution < 1.29 is 14.3 Å². The summed E-state index contributed by atoms with van der Waals surface area (Å²) in [5.41, 5.74) is 2.93. The van der Waals surface area contributed by atoms with Crippen LogP contribution in [0.15, 0.2) is 77.7 Å². The van der Waals surface area contributed by atoms with Crippen molar-refractivity contribution in [2.75, 3.05) is 28.8 Å². The average molecular weight is 466 g/mol. The molecular formula is C24H23N3O3S2. The molecule has 0 saturated heterocycles. The zero-order valence-electron chi connectivity index (χ0n) is 17.7. The van der Waals surface area contributed by atoms with Crippen molar-refractivity contribution in [2.45, 2.75) is 11.8 Å². The quantitative estimate of drug-likeness (QED) is 0.232. The van der Waals surface area contributed by atoms with Gasteiger partial charge in [-0.15, -0.1) is 11.8 Å². The van der Waals surface area contributed by atoms with Gasteiger partial charge in [0.2, 0.25) is 5.91 Å². The molecule has 1 amide bonds. The molecule has 3 aromatic rings. The standard InChI is InChI=1S/C24H23N3O3S2/c1-16(28)17-9-11-18(12-10-17)26-24(31)27-20-6-4-8-22(14-20)32-15-23(29)25-19-5-3-7-21(13-19)30-2/h3-14H,15H2,1-2H3,(H,25,29)(H2,26,27,31). The number of hydrogen-bond donors (Lipinski definition) is 3. The highest BCUT2D eigenvalue weighted by Gasteiger charge is 2.06. The number of thioether (sulfide) groups is 1. The highest BCUT2D eigenvalue weighted by Crippen LogP contribution is 2.23. The lowest BCUT2D eigenvalue weighted by Gasteiger charge is -2.12. The summed E-state index contributed by atoms with van der Waals surface area (Å²) >= 11 is 6.80. The maximum Gasteiger partial charge on any atom is 0.234 e. The fourth-order valence-corrected chi connectivity index (χ4v) is 3.78. The average Bonchev–Trinajstić information content (AvgIpc) is 2.78. The maximum absolute atomic E-state index is 12.3. The SMILES string of the molecule is COc1cccc(NC(=O)CSc2cccc(NC(=S)Nc3ccc(C(C)=O)cc3)c2)c1. The van der Waals surface area contributed by atoms with E-state index in [0.717, 1.165) is 16.3 Å². The summed E-state index contributed by atoms with van der Waals surface area (Å²) in [4.78, 5) is 24.6. The number of ketones is 1. The first kappa shape index (κ1) is 23.3. The second-order valence-electron chi connectivity index (χ2n) is 6.81. The van der Waals surface area contributed by atoms with Crippen LogP contribution in [0.3, 0.4) is 0 Å². The molecule has 0 unspecified atom stereocenters. The molecule has 0 aromatic heterocycles. The number of thiocarbonyl (C=S) groups is 1. The summed E-state index contributed by atoms with van der Waals surface area (Å²) in [6, 6.07) is 22.0. The number of rotatable bonds is 8. The highest BCUT2D eigenvalue weighted by molar-refractivity contribution is 8.00. The van der Waals surface area contributed by atoms with E-state index in [2.05, 4.69) is 16.0 Å². The summed E-state index contributed by atoms with van der Waals surface area (Å²) in [5, 5.41) is 9.52. The third kappa shape index (κ3) is 7.11. The van der Waals surface area contributed by atoms with Crippen molar-refractivity contribution >= 4 is 57.8 Å². The van der Waals surface area contributed by atoms with Crippen LogP contribution < -0.4 is 20.7 Å². The summed E-state index contributed by atoms with van der Waals surface area (Å²) < 4.78 is 5.17. The van der Waals surface area contributed by atoms with E-state index in [-0.39, 0.29) is 17.4 Å². The minimum Gasteiger partial charge on any atom is -0.497 e. The van der Waals surface area contributed by atoms with Gasteiger partial charge in [0.1, 0.15) is 5.75 Å². The zero-order chi connectivity index (χ0) is 22.9. The first-order chi connectivity index (χ1) is 15.4. The normalized spacial score (nSPS) is 10.2. The lowest BCUT2D eigenvalue weighted by atomic mass is 10.1. The van der Waals surface area contributed by atoms with Gasteiger partial charge in [-0.2, -0.15) is 0 Å². The molecule has 3 rings (SSSR count). The van der Waals surface area contributed by atoms with Gasteiger partial charge in [-0.3, -0.25) is 9.59 Å². The van der Waals surface area contributed by atoms with Crippen LogP contribution in [0.2, 0.25) is 0 Å². The van der Waals surface area contributed by atoms with E-state index < -0.39 is 0 Å². The topological polar surface area (TPSA) is 79.5 Å². The van der Waals surface area contributed by atoms with E-state index in [4.69, 9.17) is 17.0 Å². The summed E-state index contributed by atoms with van der Waals surface area (Å²) in [6.45, 7) is 1.53. The first-order valence-corrected chi connectivity index (χ1v) is 11.2. The molecular weight excluding hydrogens is 442 g/mol. The number of amides is 1. The molecule has 3 N–H and O–H groups in total. The fourth-order valence-electron chi connectivity index (χ4n) is 2.79. The Labute approximate surface area is 196 Å². The lowest BCUT2D eigenvalue weighted by molar-refractivity contribution is -0.113. The molecule has 0 spiro atoms. The Hall–Kier alpha value is -3.36. The Morgan fingerprint density at radius 3 is 2.22 bits per heavy atom. The van der Waals surface area contributed by atoms with Gasteiger partial charge in [0, 0.05) is 33.6 Å². The summed E-state index contributed by atoms with van der Waals surface area (Å²) in [7, 11) is 1.59. The van der Waals surface area contributed by atoms with E-state index in [0.29, 0.717) is 22.1 Å². The van der Waals surface area contributed by atoms with Crippen molar-refractivity contribution in [1.82, 2.24) is 0 Å². The predicted molar refractivity (Wildman–Crippen MR) is 135 cm³/mol. The number of nitrogens with one attached hydrogen (secondary N) is 3. The molecule has 0 atom stereocenters. The van der Waals surface area contributed by atoms with Crippen molar-refractivity contribution in [3.63, 3.8) is 0 Å². The fraction of sp³-hybridized carbons (Fsp3) is 0.125. The van der Waals surface area contributed by atoms with Crippen molar-refractivity contribution in [3.8, 4) is 5.75 Å². The van der Waals surface area contributed by atoms with Crippen LogP contribution in [0.1, 0.15) is 17.3 Å². The Kier molecular flexibility index (Phi) is 8.24. The summed E-state index contributed by atoms with van der Waals surface area (Å²) in [5.74, 6) is 0.872. The van der Waals surface area contributed by atoms with Gasteiger partial charge < -0.3 is 20.7 Å². The van der Waals surface area contributed by atoms with E-state index >= 15 is 0 Å². The Morgan fingerprint density at radius 1 is 0.875 bits per heavy atom. The molecule has 0 aliphatic rings. The van der Waals surface area contributed by atoms with Crippen LogP contribution >= 0.6 is 24.0 Å². The van der Waals surface area contributed by atoms with E-state index in [1.807, 2.05) is 42.5 Å². The molecule has 3 aromatic carbocycles. The van der Waals surface area contributed by atoms with Gasteiger partial charge in [-0.1, -0.05) is 12.1 Å². The number of anilines is 3. The van der Waals surface area contributed by atoms with E-state index in [1.165, 1.54) is 18.7 Å². The molecule has 0 fully saturated rings. The minimum absolute atomic E-state index is 0.0174. The smallest absolute Gasteiger partial charge is 0.234 e. The highest BCUT2D eigenvalue weighted by atomic mass is 32.2. The van der Waals surface area contributed by atoms with Crippen LogP contribution in [-0.2, 0) is 4.79 Å². The minimum atomic E-state index is -0.104. The van der Waals surface area contributed by atoms with E-state index in [1.54, 1.807) is 37.4 Å². The molecule has 0 heterocycles. The molecule has 0 bridgehead atoms. The number of ether oxygens (including phenoxy) is 1. The van der Waals surface area contributed by atoms with E-state index in [9.17, 15) is 9.59 Å². The third-order valence-electron chi connectivity index (χ3n) is 4.36. The number of carbonyl (C=O) groups excluding carboxylic acids is 2. The number of carbonyl (C=O) groups is 2. The number of hydrogen-bond acceptors (Lipinski definition) is 5. The first-order valence-electron chi connectivity index (χ1n) is 9.79. The van der Waals surface area contributed by atoms with Gasteiger partial charge in [0.05, 0.1) is 12.9 Å². The molecule has 8 heteroatoms. The second kappa shape index (κ2) is 11.3. The number of Topliss-reactive ketones (excluding diaryl/α,β-unsaturated/α-hetero) is 1. The van der Waals surface area contributed by atoms with Crippen LogP contribution in [0.5, 0.6) is 5.75 Å². The van der Waals surface area contributed by atoms with Crippen LogP contribution in [0.25, 0.3) is 0 Å². The van der Waals surface area contributed by atoms with Gasteiger partial charge >= 0.3 is 0 Å². The van der Waals surface area contributed by atoms with Crippen molar-refractivity contribution in [1.29, 1.82) is 0 Å². The van der Waals surface area contributed by atoms with Gasteiger partial charge in [-0.25, -0.2) is 0 Å². The molecule has 0 aliphatic heterocycles. The Bertz CT molecular complexity index is 1120. The number of benzene rings is 3. The lowest BCUT2D eigenvalue weighted by Crippen LogP contribution is -2.19. The largest absolute Gasteiger partial charge is 0.497 e. The van der Waals surface area contributed by atoms with Crippen LogP contribution in [0.4, 0.5) is 17.1 Å². The van der Waals surface area contributed by atoms with Gasteiger partial charge in [0.25, 0.3) is 0 Å². The monoisotopic (exact) mass is 465 g/mol. The third-order valence-corrected chi connectivity index (χ3v) is 5.56. The molecule has 0 radical (unpaired) electrons. The number of methoxy groups -OCH3 is 1. The van der Waals surface area contributed by atoms with Crippen molar-refractivity contribution in [2.24, 2.45) is 0 Å². The zero-order valence-corrected chi connectivity index (χ0v) is 19.3. The van der Waals surface area contributed by atoms with Crippen molar-refractivity contribution in [3.05, 3.63) is 78.4 Å². The van der Waals surface area contributed by atoms with Crippen LogP contribution in [-0.4, -0.2) is 29.7 Å². The molecule has 164 valence electrons. The second-order valence-corrected chi connectivity index (χ2v) is 8.27. The Balaban J connectivity index is 1.51. The maximum atomic E-state index is 12.3. The molecule has 0 saturated carbocycles. The Morgan fingerprint density at radius 2 is 1.53 bits per heavy atom. The molecule has 6 nitrogen and oxygen atoms in total. The van der Waals surface area contributed by atoms with Gasteiger partial charge in [0.15, 0.2) is 10.9 Å². The van der Waals surface area contributed by atoms with Crippen LogP contribution in [0, 0.1) is 0 Å². The molecule has 0 aliphatic carbocycles.